The van der Waals surface area contributed by atoms with Gasteiger partial charge in [-0.15, -0.1) is 0 Å². The Kier molecular flexibility index (Phi) is 4.59. The molecule has 146 valence electrons. The van der Waals surface area contributed by atoms with Crippen LogP contribution in [0.3, 0.4) is 0 Å². The third-order valence-corrected chi connectivity index (χ3v) is 6.62. The van der Waals surface area contributed by atoms with E-state index in [0.717, 1.165) is 19.3 Å². The molecule has 2 N–H and O–H groups in total. The van der Waals surface area contributed by atoms with Crippen molar-refractivity contribution in [1.82, 2.24) is 10.3 Å². The van der Waals surface area contributed by atoms with Gasteiger partial charge in [0.25, 0.3) is 5.91 Å². The van der Waals surface area contributed by atoms with E-state index in [1.165, 1.54) is 36.5 Å². The Hall–Kier alpha value is -2.18. The topological polar surface area (TPSA) is 71.1 Å². The Morgan fingerprint density at radius 1 is 1.18 bits per heavy atom. The van der Waals surface area contributed by atoms with E-state index < -0.39 is 0 Å². The largest absolute Gasteiger partial charge is 0.346 e. The number of carbonyl (C=O) groups excluding carboxylic acids is 2. The van der Waals surface area contributed by atoms with Crippen LogP contribution in [0.15, 0.2) is 36.5 Å². The summed E-state index contributed by atoms with van der Waals surface area (Å²) in [5, 5.41) is 6.26. The minimum absolute atomic E-state index is 0.0973. The molecule has 1 unspecified atom stereocenters. The molecule has 0 saturated heterocycles. The summed E-state index contributed by atoms with van der Waals surface area (Å²) in [5.74, 6) is -0.897. The van der Waals surface area contributed by atoms with Crippen molar-refractivity contribution in [2.24, 2.45) is 11.3 Å². The summed E-state index contributed by atoms with van der Waals surface area (Å²) in [6, 6.07) is 7.18. The number of pyridine rings is 1. The number of anilines is 1. The molecule has 0 radical (unpaired) electrons. The first-order chi connectivity index (χ1) is 13.2. The quantitative estimate of drug-likeness (QED) is 0.700. The number of benzene rings is 1. The molecule has 1 aromatic heterocycles. The standard InChI is InChI=1S/C20H18Cl2FN3O2/c1-11(17(27)25-14-4-2-13(23)3-5-14)19-8-20(9-19,10-19)26-18(28)12-6-15(21)16(22)24-7-12/h2-7,11H,8-10H2,1H3,(H,25,27)(H,26,28). The van der Waals surface area contributed by atoms with Crippen LogP contribution in [0.2, 0.25) is 10.2 Å². The molecule has 1 aromatic carbocycles. The first-order valence-electron chi connectivity index (χ1n) is 8.92. The molecule has 1 atom stereocenters. The molecule has 2 aromatic rings. The van der Waals surface area contributed by atoms with Gasteiger partial charge in [0.1, 0.15) is 11.0 Å². The molecule has 3 fully saturated rings. The maximum Gasteiger partial charge on any atom is 0.253 e. The predicted octanol–water partition coefficient (Wildman–Crippen LogP) is 4.45. The number of aromatic nitrogens is 1. The van der Waals surface area contributed by atoms with E-state index in [-0.39, 0.29) is 44.7 Å². The average molecular weight is 422 g/mol. The molecular weight excluding hydrogens is 404 g/mol. The van der Waals surface area contributed by atoms with Gasteiger partial charge < -0.3 is 10.6 Å². The van der Waals surface area contributed by atoms with E-state index in [2.05, 4.69) is 15.6 Å². The molecule has 3 aliphatic carbocycles. The number of nitrogens with one attached hydrogen (secondary N) is 2. The number of hydrogen-bond acceptors (Lipinski definition) is 3. The molecule has 2 amide bonds. The molecular formula is C20H18Cl2FN3O2. The first-order valence-corrected chi connectivity index (χ1v) is 9.68. The van der Waals surface area contributed by atoms with Gasteiger partial charge in [-0.25, -0.2) is 9.37 Å². The van der Waals surface area contributed by atoms with Crippen molar-refractivity contribution < 1.29 is 14.0 Å². The van der Waals surface area contributed by atoms with Gasteiger partial charge in [-0.3, -0.25) is 9.59 Å². The fraction of sp³-hybridized carbons (Fsp3) is 0.350. The monoisotopic (exact) mass is 421 g/mol. The van der Waals surface area contributed by atoms with Crippen LogP contribution in [-0.4, -0.2) is 22.3 Å². The van der Waals surface area contributed by atoms with Crippen molar-refractivity contribution in [2.75, 3.05) is 5.32 Å². The second-order valence-electron chi connectivity index (χ2n) is 7.84. The van der Waals surface area contributed by atoms with Gasteiger partial charge in [-0.1, -0.05) is 30.1 Å². The van der Waals surface area contributed by atoms with Crippen LogP contribution >= 0.6 is 23.2 Å². The highest BCUT2D eigenvalue weighted by atomic mass is 35.5. The Morgan fingerprint density at radius 2 is 1.82 bits per heavy atom. The lowest BCUT2D eigenvalue weighted by atomic mass is 9.36. The van der Waals surface area contributed by atoms with E-state index in [1.807, 2.05) is 6.92 Å². The van der Waals surface area contributed by atoms with Crippen LogP contribution in [0.25, 0.3) is 0 Å². The van der Waals surface area contributed by atoms with Gasteiger partial charge in [0.15, 0.2) is 0 Å². The van der Waals surface area contributed by atoms with Crippen molar-refractivity contribution in [3.63, 3.8) is 0 Å². The lowest BCUT2D eigenvalue weighted by Gasteiger charge is -2.72. The summed E-state index contributed by atoms with van der Waals surface area (Å²) in [6.07, 6.45) is 3.64. The number of hydrogen-bond donors (Lipinski definition) is 2. The van der Waals surface area contributed by atoms with Crippen molar-refractivity contribution in [3.8, 4) is 0 Å². The zero-order valence-corrected chi connectivity index (χ0v) is 16.6. The number of amides is 2. The Balaban J connectivity index is 1.34. The maximum atomic E-state index is 13.0. The molecule has 28 heavy (non-hydrogen) atoms. The summed E-state index contributed by atoms with van der Waals surface area (Å²) in [5.41, 5.74) is 0.552. The Labute approximate surface area is 171 Å². The summed E-state index contributed by atoms with van der Waals surface area (Å²) in [6.45, 7) is 1.90. The summed E-state index contributed by atoms with van der Waals surface area (Å²) in [4.78, 5) is 28.9. The fourth-order valence-electron chi connectivity index (χ4n) is 4.38. The Bertz CT molecular complexity index is 945. The van der Waals surface area contributed by atoms with Crippen LogP contribution in [0.4, 0.5) is 10.1 Å². The van der Waals surface area contributed by atoms with Crippen LogP contribution in [0.5, 0.6) is 0 Å². The molecule has 0 spiro atoms. The molecule has 2 bridgehead atoms. The first kappa shape index (κ1) is 19.2. The van der Waals surface area contributed by atoms with E-state index >= 15 is 0 Å². The highest BCUT2D eigenvalue weighted by Crippen LogP contribution is 2.70. The lowest BCUT2D eigenvalue weighted by Crippen LogP contribution is -2.77. The fourth-order valence-corrected chi connectivity index (χ4v) is 4.65. The molecule has 1 heterocycles. The normalized spacial score (nSPS) is 25.9. The van der Waals surface area contributed by atoms with Crippen molar-refractivity contribution in [1.29, 1.82) is 0 Å². The SMILES string of the molecule is CC(C(=O)Nc1ccc(F)cc1)C12CC(NC(=O)c3cnc(Cl)c(Cl)c3)(C1)C2. The van der Waals surface area contributed by atoms with Gasteiger partial charge >= 0.3 is 0 Å². The van der Waals surface area contributed by atoms with Crippen LogP contribution in [0, 0.1) is 17.2 Å². The number of nitrogens with zero attached hydrogens (tertiary/aromatic N) is 1. The van der Waals surface area contributed by atoms with Gasteiger partial charge in [0, 0.05) is 23.3 Å². The van der Waals surface area contributed by atoms with Crippen molar-refractivity contribution in [3.05, 3.63) is 58.1 Å². The van der Waals surface area contributed by atoms with Crippen LogP contribution in [0.1, 0.15) is 36.5 Å². The van der Waals surface area contributed by atoms with Gasteiger partial charge in [-0.2, -0.15) is 0 Å². The second-order valence-corrected chi connectivity index (χ2v) is 8.61. The molecule has 5 nitrogen and oxygen atoms in total. The Morgan fingerprint density at radius 3 is 2.43 bits per heavy atom. The van der Waals surface area contributed by atoms with E-state index in [1.54, 1.807) is 0 Å². The highest BCUT2D eigenvalue weighted by molar-refractivity contribution is 6.41. The predicted molar refractivity (Wildman–Crippen MR) is 105 cm³/mol. The van der Waals surface area contributed by atoms with Crippen LogP contribution < -0.4 is 10.6 Å². The minimum Gasteiger partial charge on any atom is -0.346 e. The number of rotatable bonds is 5. The summed E-state index contributed by atoms with van der Waals surface area (Å²) in [7, 11) is 0. The number of carbonyl (C=O) groups is 2. The number of halogens is 3. The molecule has 3 aliphatic rings. The lowest BCUT2D eigenvalue weighted by molar-refractivity contribution is -0.184. The molecule has 3 saturated carbocycles. The van der Waals surface area contributed by atoms with E-state index in [9.17, 15) is 14.0 Å². The summed E-state index contributed by atoms with van der Waals surface area (Å²) < 4.78 is 13.0. The average Bonchev–Trinajstić information content (AvgIpc) is 2.60. The third kappa shape index (κ3) is 3.25. The maximum absolute atomic E-state index is 13.0. The highest BCUT2D eigenvalue weighted by Gasteiger charge is 2.71. The zero-order valence-electron chi connectivity index (χ0n) is 15.1. The van der Waals surface area contributed by atoms with Crippen molar-refractivity contribution in [2.45, 2.75) is 31.7 Å². The molecule has 5 rings (SSSR count). The van der Waals surface area contributed by atoms with Gasteiger partial charge in [-0.05, 0) is 55.0 Å². The smallest absolute Gasteiger partial charge is 0.253 e. The minimum atomic E-state index is -0.347. The second kappa shape index (κ2) is 6.71. The summed E-state index contributed by atoms with van der Waals surface area (Å²) >= 11 is 11.7. The third-order valence-electron chi connectivity index (χ3n) is 5.93. The molecule has 0 aliphatic heterocycles. The van der Waals surface area contributed by atoms with E-state index in [0.29, 0.717) is 11.3 Å². The van der Waals surface area contributed by atoms with E-state index in [4.69, 9.17) is 23.2 Å². The van der Waals surface area contributed by atoms with Crippen LogP contribution in [-0.2, 0) is 4.79 Å². The van der Waals surface area contributed by atoms with Gasteiger partial charge in [0.05, 0.1) is 10.6 Å². The molecule has 8 heteroatoms. The van der Waals surface area contributed by atoms with Gasteiger partial charge in [0.2, 0.25) is 5.91 Å². The van der Waals surface area contributed by atoms with Crippen molar-refractivity contribution >= 4 is 40.7 Å². The zero-order chi connectivity index (χ0) is 20.1.